The first-order chi connectivity index (χ1) is 9.52. The zero-order valence-corrected chi connectivity index (χ0v) is 12.0. The predicted octanol–water partition coefficient (Wildman–Crippen LogP) is 2.11. The van der Waals surface area contributed by atoms with Crippen LogP contribution in [0.15, 0.2) is 24.3 Å². The maximum atomic E-state index is 12.3. The molecule has 1 fully saturated rings. The van der Waals surface area contributed by atoms with Gasteiger partial charge in [0.25, 0.3) is 0 Å². The number of carbonyl (C=O) groups is 2. The monoisotopic (exact) mass is 275 g/mol. The van der Waals surface area contributed by atoms with Crippen molar-refractivity contribution in [2.24, 2.45) is 5.92 Å². The van der Waals surface area contributed by atoms with Crippen LogP contribution in [0.4, 0.5) is 0 Å². The lowest BCUT2D eigenvalue weighted by atomic mass is 10.0. The van der Waals surface area contributed by atoms with Crippen molar-refractivity contribution in [3.8, 4) is 0 Å². The summed E-state index contributed by atoms with van der Waals surface area (Å²) in [4.78, 5) is 25.1. The van der Waals surface area contributed by atoms with E-state index < -0.39 is 11.9 Å². The molecule has 1 N–H and O–H groups in total. The van der Waals surface area contributed by atoms with E-state index >= 15 is 0 Å². The molecule has 0 bridgehead atoms. The number of aliphatic carboxylic acids is 1. The van der Waals surface area contributed by atoms with Crippen molar-refractivity contribution < 1.29 is 14.7 Å². The van der Waals surface area contributed by atoms with Crippen molar-refractivity contribution in [3.05, 3.63) is 35.4 Å². The van der Waals surface area contributed by atoms with E-state index in [0.717, 1.165) is 12.0 Å². The Kier molecular flexibility index (Phi) is 4.42. The third-order valence-corrected chi connectivity index (χ3v) is 4.18. The molecule has 1 aromatic carbocycles. The smallest absolute Gasteiger partial charge is 0.308 e. The van der Waals surface area contributed by atoms with Crippen molar-refractivity contribution in [2.45, 2.75) is 39.2 Å². The van der Waals surface area contributed by atoms with Gasteiger partial charge in [-0.2, -0.15) is 0 Å². The first kappa shape index (κ1) is 14.6. The van der Waals surface area contributed by atoms with Gasteiger partial charge in [-0.1, -0.05) is 31.2 Å². The van der Waals surface area contributed by atoms with Gasteiger partial charge in [-0.15, -0.1) is 0 Å². The van der Waals surface area contributed by atoms with Gasteiger partial charge in [0.15, 0.2) is 0 Å². The number of benzene rings is 1. The second kappa shape index (κ2) is 6.07. The second-order valence-corrected chi connectivity index (χ2v) is 5.41. The molecule has 2 rings (SSSR count). The van der Waals surface area contributed by atoms with Crippen LogP contribution in [-0.4, -0.2) is 34.5 Å². The van der Waals surface area contributed by atoms with Gasteiger partial charge >= 0.3 is 5.97 Å². The molecule has 108 valence electrons. The maximum Gasteiger partial charge on any atom is 0.308 e. The molecular weight excluding hydrogens is 254 g/mol. The largest absolute Gasteiger partial charge is 0.481 e. The van der Waals surface area contributed by atoms with Crippen LogP contribution in [0.3, 0.4) is 0 Å². The first-order valence-electron chi connectivity index (χ1n) is 7.13. The number of hydrogen-bond donors (Lipinski definition) is 1. The quantitative estimate of drug-likeness (QED) is 0.915. The lowest BCUT2D eigenvalue weighted by molar-refractivity contribution is -0.143. The number of likely N-dealkylation sites (tertiary alicyclic amines) is 1. The Labute approximate surface area is 119 Å². The van der Waals surface area contributed by atoms with Gasteiger partial charge in [0, 0.05) is 12.6 Å². The standard InChI is InChI=1S/C16H21NO3/c1-3-12-4-6-13(7-5-12)10-15(18)17-9-8-14(11(17)2)16(19)20/h4-7,11,14H,3,8-10H2,1-2H3,(H,19,20). The van der Waals surface area contributed by atoms with E-state index in [-0.39, 0.29) is 11.9 Å². The molecule has 0 aromatic heterocycles. The average Bonchev–Trinajstić information content (AvgIpc) is 2.81. The van der Waals surface area contributed by atoms with E-state index in [4.69, 9.17) is 5.11 Å². The van der Waals surface area contributed by atoms with Crippen molar-refractivity contribution in [1.29, 1.82) is 0 Å². The third-order valence-electron chi connectivity index (χ3n) is 4.18. The van der Waals surface area contributed by atoms with Gasteiger partial charge in [0.1, 0.15) is 0 Å². The van der Waals surface area contributed by atoms with E-state index in [1.165, 1.54) is 5.56 Å². The van der Waals surface area contributed by atoms with Crippen LogP contribution in [0.25, 0.3) is 0 Å². The molecule has 1 aliphatic rings. The Morgan fingerprint density at radius 3 is 2.35 bits per heavy atom. The van der Waals surface area contributed by atoms with Crippen LogP contribution in [0, 0.1) is 5.92 Å². The summed E-state index contributed by atoms with van der Waals surface area (Å²) >= 11 is 0. The number of amides is 1. The van der Waals surface area contributed by atoms with Crippen LogP contribution >= 0.6 is 0 Å². The molecule has 2 atom stereocenters. The molecule has 1 aliphatic heterocycles. The Bertz CT molecular complexity index is 495. The normalized spacial score (nSPS) is 22.0. The van der Waals surface area contributed by atoms with E-state index in [9.17, 15) is 9.59 Å². The molecule has 0 radical (unpaired) electrons. The fraction of sp³-hybridized carbons (Fsp3) is 0.500. The van der Waals surface area contributed by atoms with Gasteiger partial charge in [0.2, 0.25) is 5.91 Å². The van der Waals surface area contributed by atoms with Gasteiger partial charge in [-0.3, -0.25) is 9.59 Å². The molecule has 20 heavy (non-hydrogen) atoms. The highest BCUT2D eigenvalue weighted by Crippen LogP contribution is 2.25. The second-order valence-electron chi connectivity index (χ2n) is 5.41. The maximum absolute atomic E-state index is 12.3. The van der Waals surface area contributed by atoms with E-state index in [2.05, 4.69) is 6.92 Å². The summed E-state index contributed by atoms with van der Waals surface area (Å²) in [6, 6.07) is 7.82. The number of carboxylic acids is 1. The van der Waals surface area contributed by atoms with Crippen molar-refractivity contribution in [1.82, 2.24) is 4.90 Å². The molecule has 0 spiro atoms. The zero-order valence-electron chi connectivity index (χ0n) is 12.0. The molecule has 0 saturated carbocycles. The Morgan fingerprint density at radius 1 is 1.25 bits per heavy atom. The summed E-state index contributed by atoms with van der Waals surface area (Å²) in [5, 5.41) is 9.09. The molecular formula is C16H21NO3. The van der Waals surface area contributed by atoms with Crippen molar-refractivity contribution in [3.63, 3.8) is 0 Å². The van der Waals surface area contributed by atoms with Gasteiger partial charge < -0.3 is 10.0 Å². The first-order valence-corrected chi connectivity index (χ1v) is 7.13. The minimum absolute atomic E-state index is 0.0190. The molecule has 1 aromatic rings. The van der Waals surface area contributed by atoms with Crippen LogP contribution < -0.4 is 0 Å². The molecule has 1 saturated heterocycles. The predicted molar refractivity (Wildman–Crippen MR) is 76.4 cm³/mol. The van der Waals surface area contributed by atoms with Crippen LogP contribution in [0.5, 0.6) is 0 Å². The minimum atomic E-state index is -0.805. The molecule has 4 nitrogen and oxygen atoms in total. The summed E-state index contributed by atoms with van der Waals surface area (Å²) in [6.07, 6.45) is 1.88. The average molecular weight is 275 g/mol. The number of aryl methyl sites for hydroxylation is 1. The molecule has 2 unspecified atom stereocenters. The highest BCUT2D eigenvalue weighted by molar-refractivity contribution is 5.81. The Hall–Kier alpha value is -1.84. The van der Waals surface area contributed by atoms with E-state index in [0.29, 0.717) is 19.4 Å². The molecule has 0 aliphatic carbocycles. The summed E-state index contributed by atoms with van der Waals surface area (Å²) in [6.45, 7) is 4.46. The summed E-state index contributed by atoms with van der Waals surface area (Å²) < 4.78 is 0. The number of carboxylic acid groups (broad SMARTS) is 1. The third kappa shape index (κ3) is 3.00. The minimum Gasteiger partial charge on any atom is -0.481 e. The van der Waals surface area contributed by atoms with Gasteiger partial charge in [-0.05, 0) is 30.9 Å². The summed E-state index contributed by atoms with van der Waals surface area (Å²) in [5.41, 5.74) is 2.24. The fourth-order valence-corrected chi connectivity index (χ4v) is 2.79. The van der Waals surface area contributed by atoms with Crippen LogP contribution in [0.2, 0.25) is 0 Å². The van der Waals surface area contributed by atoms with Crippen molar-refractivity contribution in [2.75, 3.05) is 6.54 Å². The van der Waals surface area contributed by atoms with E-state index in [1.54, 1.807) is 4.90 Å². The Morgan fingerprint density at radius 2 is 1.85 bits per heavy atom. The summed E-state index contributed by atoms with van der Waals surface area (Å²) in [7, 11) is 0. The topological polar surface area (TPSA) is 57.6 Å². The highest BCUT2D eigenvalue weighted by atomic mass is 16.4. The molecule has 4 heteroatoms. The number of hydrogen-bond acceptors (Lipinski definition) is 2. The van der Waals surface area contributed by atoms with E-state index in [1.807, 2.05) is 31.2 Å². The van der Waals surface area contributed by atoms with Gasteiger partial charge in [-0.25, -0.2) is 0 Å². The highest BCUT2D eigenvalue weighted by Gasteiger charge is 2.37. The SMILES string of the molecule is CCc1ccc(CC(=O)N2CCC(C(=O)O)C2C)cc1. The molecule has 1 heterocycles. The summed E-state index contributed by atoms with van der Waals surface area (Å²) in [5.74, 6) is -1.22. The Balaban J connectivity index is 1.99. The lowest BCUT2D eigenvalue weighted by Crippen LogP contribution is -2.38. The van der Waals surface area contributed by atoms with Gasteiger partial charge in [0.05, 0.1) is 12.3 Å². The lowest BCUT2D eigenvalue weighted by Gasteiger charge is -2.23. The number of carbonyl (C=O) groups excluding carboxylic acids is 1. The van der Waals surface area contributed by atoms with Crippen molar-refractivity contribution >= 4 is 11.9 Å². The zero-order chi connectivity index (χ0) is 14.7. The molecule has 1 amide bonds. The van der Waals surface area contributed by atoms with Crippen LogP contribution in [-0.2, 0) is 22.4 Å². The van der Waals surface area contributed by atoms with Crippen LogP contribution in [0.1, 0.15) is 31.4 Å². The fourth-order valence-electron chi connectivity index (χ4n) is 2.79. The number of rotatable bonds is 4. The number of nitrogens with zero attached hydrogens (tertiary/aromatic N) is 1.